The van der Waals surface area contributed by atoms with Gasteiger partial charge < -0.3 is 5.32 Å². The molecule has 8 heteroatoms. The number of hydrogen-bond donors (Lipinski definition) is 1. The summed E-state index contributed by atoms with van der Waals surface area (Å²) in [5.41, 5.74) is 2.51. The highest BCUT2D eigenvalue weighted by atomic mass is 32.2. The van der Waals surface area contributed by atoms with Crippen molar-refractivity contribution in [2.24, 2.45) is 0 Å². The van der Waals surface area contributed by atoms with Gasteiger partial charge in [0.1, 0.15) is 5.01 Å². The van der Waals surface area contributed by atoms with Crippen LogP contribution in [0.4, 0.5) is 5.69 Å². The number of aromatic nitrogens is 1. The van der Waals surface area contributed by atoms with Crippen LogP contribution in [0.2, 0.25) is 0 Å². The minimum atomic E-state index is -3.61. The number of aryl methyl sites for hydroxylation is 1. The second-order valence-electron chi connectivity index (χ2n) is 7.32. The SMILES string of the molecule is Cc1ccc(C(=O)Nc2cccc(-c3nccs3)c2)cc1S(=O)(=O)N1CCCCC1. The number of carbonyl (C=O) groups excluding carboxylic acids is 1. The molecule has 0 saturated carbocycles. The Morgan fingerprint density at radius 2 is 1.90 bits per heavy atom. The first-order valence-corrected chi connectivity index (χ1v) is 12.2. The molecule has 2 heterocycles. The minimum absolute atomic E-state index is 0.202. The summed E-state index contributed by atoms with van der Waals surface area (Å²) in [6.07, 6.45) is 4.52. The number of anilines is 1. The lowest BCUT2D eigenvalue weighted by molar-refractivity contribution is 0.102. The number of piperidine rings is 1. The molecule has 0 unspecified atom stereocenters. The van der Waals surface area contributed by atoms with Crippen LogP contribution in [0.3, 0.4) is 0 Å². The Balaban J connectivity index is 1.58. The first-order valence-electron chi connectivity index (χ1n) is 9.87. The summed E-state index contributed by atoms with van der Waals surface area (Å²) < 4.78 is 27.7. The third kappa shape index (κ3) is 4.30. The number of sulfonamides is 1. The van der Waals surface area contributed by atoms with Gasteiger partial charge in [0.2, 0.25) is 10.0 Å². The van der Waals surface area contributed by atoms with Crippen molar-refractivity contribution < 1.29 is 13.2 Å². The zero-order valence-electron chi connectivity index (χ0n) is 16.7. The Morgan fingerprint density at radius 3 is 2.63 bits per heavy atom. The molecule has 1 aliphatic rings. The number of thiazole rings is 1. The monoisotopic (exact) mass is 441 g/mol. The van der Waals surface area contributed by atoms with Crippen LogP contribution in [0, 0.1) is 6.92 Å². The van der Waals surface area contributed by atoms with Gasteiger partial charge in [-0.15, -0.1) is 11.3 Å². The highest BCUT2D eigenvalue weighted by molar-refractivity contribution is 7.89. The molecular formula is C22H23N3O3S2. The van der Waals surface area contributed by atoms with Gasteiger partial charge in [-0.3, -0.25) is 4.79 Å². The largest absolute Gasteiger partial charge is 0.322 e. The van der Waals surface area contributed by atoms with E-state index in [0.717, 1.165) is 29.8 Å². The van der Waals surface area contributed by atoms with Crippen molar-refractivity contribution in [3.05, 3.63) is 65.2 Å². The topological polar surface area (TPSA) is 79.4 Å². The molecule has 4 rings (SSSR count). The number of nitrogens with one attached hydrogen (secondary N) is 1. The van der Waals surface area contributed by atoms with Gasteiger partial charge in [0.25, 0.3) is 5.91 Å². The van der Waals surface area contributed by atoms with Crippen molar-refractivity contribution in [3.63, 3.8) is 0 Å². The number of amides is 1. The van der Waals surface area contributed by atoms with Crippen LogP contribution in [-0.2, 0) is 10.0 Å². The Morgan fingerprint density at radius 1 is 1.10 bits per heavy atom. The number of benzene rings is 2. The summed E-state index contributed by atoms with van der Waals surface area (Å²) in [4.78, 5) is 17.3. The van der Waals surface area contributed by atoms with Gasteiger partial charge in [-0.05, 0) is 49.6 Å². The fourth-order valence-electron chi connectivity index (χ4n) is 3.56. The number of carbonyl (C=O) groups is 1. The van der Waals surface area contributed by atoms with E-state index in [1.165, 1.54) is 21.7 Å². The summed E-state index contributed by atoms with van der Waals surface area (Å²) in [7, 11) is -3.61. The quantitative estimate of drug-likeness (QED) is 0.630. The van der Waals surface area contributed by atoms with Gasteiger partial charge in [0.15, 0.2) is 0 Å². The predicted octanol–water partition coefficient (Wildman–Crippen LogP) is 4.55. The maximum absolute atomic E-state index is 13.1. The summed E-state index contributed by atoms with van der Waals surface area (Å²) in [5, 5.41) is 5.64. The second kappa shape index (κ2) is 8.67. The summed E-state index contributed by atoms with van der Waals surface area (Å²) in [5.74, 6) is -0.346. The summed E-state index contributed by atoms with van der Waals surface area (Å²) in [6, 6.07) is 12.3. The predicted molar refractivity (Wildman–Crippen MR) is 119 cm³/mol. The molecule has 6 nitrogen and oxygen atoms in total. The van der Waals surface area contributed by atoms with Crippen molar-refractivity contribution in [2.75, 3.05) is 18.4 Å². The fourth-order valence-corrected chi connectivity index (χ4v) is 5.97. The van der Waals surface area contributed by atoms with Gasteiger partial charge in [-0.2, -0.15) is 4.31 Å². The van der Waals surface area contributed by atoms with Crippen LogP contribution >= 0.6 is 11.3 Å². The van der Waals surface area contributed by atoms with Gasteiger partial charge >= 0.3 is 0 Å². The van der Waals surface area contributed by atoms with Gasteiger partial charge in [0, 0.05) is 41.5 Å². The van der Waals surface area contributed by atoms with Crippen molar-refractivity contribution in [2.45, 2.75) is 31.1 Å². The molecule has 1 aliphatic heterocycles. The first kappa shape index (κ1) is 20.7. The molecule has 1 N–H and O–H groups in total. The third-order valence-electron chi connectivity index (χ3n) is 5.18. The number of rotatable bonds is 5. The molecule has 0 bridgehead atoms. The van der Waals surface area contributed by atoms with E-state index in [9.17, 15) is 13.2 Å². The third-order valence-corrected chi connectivity index (χ3v) is 8.05. The molecule has 30 heavy (non-hydrogen) atoms. The Labute approximate surface area is 180 Å². The molecule has 2 aromatic carbocycles. The molecule has 3 aromatic rings. The standard InChI is InChI=1S/C22H23N3O3S2/c1-16-8-9-17(15-20(16)30(27,28)25-11-3-2-4-12-25)21(26)24-19-7-5-6-18(14-19)22-23-10-13-29-22/h5-10,13-15H,2-4,11-12H2,1H3,(H,24,26). The van der Waals surface area contributed by atoms with Crippen molar-refractivity contribution >= 4 is 33.0 Å². The van der Waals surface area contributed by atoms with E-state index in [0.29, 0.717) is 29.9 Å². The van der Waals surface area contributed by atoms with Crippen molar-refractivity contribution in [3.8, 4) is 10.6 Å². The lowest BCUT2D eigenvalue weighted by atomic mass is 10.1. The van der Waals surface area contributed by atoms with Gasteiger partial charge in [-0.25, -0.2) is 13.4 Å². The maximum atomic E-state index is 13.1. The zero-order valence-corrected chi connectivity index (χ0v) is 18.3. The Kier molecular flexibility index (Phi) is 5.99. The second-order valence-corrected chi connectivity index (χ2v) is 10.1. The van der Waals surface area contributed by atoms with Crippen molar-refractivity contribution in [1.29, 1.82) is 0 Å². The molecule has 0 radical (unpaired) electrons. The first-order chi connectivity index (χ1) is 14.4. The van der Waals surface area contributed by atoms with Crippen LogP contribution in [0.15, 0.2) is 58.9 Å². The van der Waals surface area contributed by atoms with E-state index >= 15 is 0 Å². The van der Waals surface area contributed by atoms with Crippen LogP contribution in [-0.4, -0.2) is 36.7 Å². The molecule has 1 amide bonds. The molecule has 1 fully saturated rings. The van der Waals surface area contributed by atoms with E-state index in [1.807, 2.05) is 23.6 Å². The van der Waals surface area contributed by atoms with E-state index < -0.39 is 10.0 Å². The van der Waals surface area contributed by atoms with Gasteiger partial charge in [0.05, 0.1) is 4.90 Å². The zero-order chi connectivity index (χ0) is 21.1. The minimum Gasteiger partial charge on any atom is -0.322 e. The van der Waals surface area contributed by atoms with E-state index in [1.54, 1.807) is 31.3 Å². The summed E-state index contributed by atoms with van der Waals surface area (Å²) in [6.45, 7) is 2.82. The van der Waals surface area contributed by atoms with E-state index in [-0.39, 0.29) is 10.8 Å². The van der Waals surface area contributed by atoms with E-state index in [2.05, 4.69) is 10.3 Å². The molecule has 0 spiro atoms. The Hall–Kier alpha value is -2.55. The van der Waals surface area contributed by atoms with Crippen LogP contribution < -0.4 is 5.32 Å². The Bertz CT molecular complexity index is 1150. The smallest absolute Gasteiger partial charge is 0.255 e. The lowest BCUT2D eigenvalue weighted by Crippen LogP contribution is -2.36. The molecule has 0 atom stereocenters. The molecular weight excluding hydrogens is 418 g/mol. The molecule has 0 aliphatic carbocycles. The summed E-state index contributed by atoms with van der Waals surface area (Å²) >= 11 is 1.52. The van der Waals surface area contributed by atoms with Crippen LogP contribution in [0.1, 0.15) is 35.2 Å². The highest BCUT2D eigenvalue weighted by Crippen LogP contribution is 2.26. The molecule has 156 valence electrons. The molecule has 1 saturated heterocycles. The van der Waals surface area contributed by atoms with E-state index in [4.69, 9.17) is 0 Å². The van der Waals surface area contributed by atoms with Crippen LogP contribution in [0.5, 0.6) is 0 Å². The fraction of sp³-hybridized carbons (Fsp3) is 0.273. The number of nitrogens with zero attached hydrogens (tertiary/aromatic N) is 2. The number of hydrogen-bond acceptors (Lipinski definition) is 5. The highest BCUT2D eigenvalue weighted by Gasteiger charge is 2.28. The normalized spacial score (nSPS) is 15.1. The van der Waals surface area contributed by atoms with Crippen LogP contribution in [0.25, 0.3) is 10.6 Å². The van der Waals surface area contributed by atoms with Crippen molar-refractivity contribution in [1.82, 2.24) is 9.29 Å². The maximum Gasteiger partial charge on any atom is 0.255 e. The lowest BCUT2D eigenvalue weighted by Gasteiger charge is -2.26. The molecule has 1 aromatic heterocycles. The average molecular weight is 442 g/mol. The van der Waals surface area contributed by atoms with Gasteiger partial charge in [-0.1, -0.05) is 24.6 Å². The average Bonchev–Trinajstić information content (AvgIpc) is 3.30.